The number of urea groups is 1. The van der Waals surface area contributed by atoms with Crippen LogP contribution in [0.1, 0.15) is 37.0 Å². The third-order valence-corrected chi connectivity index (χ3v) is 5.47. The molecule has 11 heteroatoms. The minimum absolute atomic E-state index is 0.0516. The second-order valence-electron chi connectivity index (χ2n) is 9.12. The molecule has 0 unspecified atom stereocenters. The van der Waals surface area contributed by atoms with Crippen molar-refractivity contribution in [2.45, 2.75) is 26.2 Å². The summed E-state index contributed by atoms with van der Waals surface area (Å²) in [6.45, 7) is 5.96. The van der Waals surface area contributed by atoms with E-state index in [9.17, 15) is 14.0 Å². The molecule has 0 atom stereocenters. The molecule has 9 nitrogen and oxygen atoms in total. The number of rotatable bonds is 6. The number of ether oxygens (including phenoxy) is 1. The first-order valence-electron chi connectivity index (χ1n) is 11.2. The molecular weight excluding hydrogens is 499 g/mol. The highest BCUT2D eigenvalue weighted by atomic mass is 35.5. The molecule has 0 aliphatic heterocycles. The molecule has 4 rings (SSSR count). The van der Waals surface area contributed by atoms with Crippen molar-refractivity contribution >= 4 is 35.0 Å². The summed E-state index contributed by atoms with van der Waals surface area (Å²) >= 11 is 6.35. The van der Waals surface area contributed by atoms with E-state index in [1.807, 2.05) is 20.8 Å². The molecule has 3 amide bonds. The summed E-state index contributed by atoms with van der Waals surface area (Å²) in [5, 5.41) is 10.3. The summed E-state index contributed by atoms with van der Waals surface area (Å²) in [5.41, 5.74) is 6.57. The number of nitrogens with two attached hydrogens (primary N) is 1. The minimum atomic E-state index is -0.685. The largest absolute Gasteiger partial charge is 0.456 e. The van der Waals surface area contributed by atoms with Gasteiger partial charge in [-0.2, -0.15) is 5.10 Å². The molecule has 0 aliphatic rings. The summed E-state index contributed by atoms with van der Waals surface area (Å²) in [5.74, 6) is -0.120. The van der Waals surface area contributed by atoms with Crippen LogP contribution in [-0.2, 0) is 5.41 Å². The molecule has 37 heavy (non-hydrogen) atoms. The number of primary amides is 1. The topological polar surface area (TPSA) is 124 Å². The smallest absolute Gasteiger partial charge is 0.324 e. The lowest BCUT2D eigenvalue weighted by atomic mass is 9.92. The Hall–Kier alpha value is -4.44. The Morgan fingerprint density at radius 1 is 1.05 bits per heavy atom. The van der Waals surface area contributed by atoms with Gasteiger partial charge in [-0.1, -0.05) is 38.4 Å². The van der Waals surface area contributed by atoms with E-state index in [1.54, 1.807) is 36.4 Å². The van der Waals surface area contributed by atoms with E-state index in [0.717, 1.165) is 0 Å². The van der Waals surface area contributed by atoms with Crippen LogP contribution in [0.2, 0.25) is 5.02 Å². The van der Waals surface area contributed by atoms with Crippen molar-refractivity contribution < 1.29 is 18.7 Å². The zero-order chi connectivity index (χ0) is 26.7. The van der Waals surface area contributed by atoms with Crippen LogP contribution >= 0.6 is 11.6 Å². The van der Waals surface area contributed by atoms with Gasteiger partial charge in [0.15, 0.2) is 0 Å². The maximum atomic E-state index is 13.9. The van der Waals surface area contributed by atoms with E-state index >= 15 is 0 Å². The molecule has 0 saturated carbocycles. The van der Waals surface area contributed by atoms with Gasteiger partial charge in [0, 0.05) is 29.4 Å². The number of carbonyl (C=O) groups excluding carboxylic acids is 2. The molecule has 0 spiro atoms. The number of hydrogen-bond acceptors (Lipinski definition) is 5. The average Bonchev–Trinajstić information content (AvgIpc) is 3.25. The van der Waals surface area contributed by atoms with E-state index in [4.69, 9.17) is 22.1 Å². The number of anilines is 2. The molecule has 190 valence electrons. The average molecular weight is 523 g/mol. The van der Waals surface area contributed by atoms with E-state index in [1.165, 1.54) is 35.1 Å². The van der Waals surface area contributed by atoms with Gasteiger partial charge in [-0.25, -0.2) is 13.9 Å². The van der Waals surface area contributed by atoms with Gasteiger partial charge in [0.2, 0.25) is 0 Å². The maximum absolute atomic E-state index is 13.9. The van der Waals surface area contributed by atoms with E-state index < -0.39 is 17.8 Å². The molecule has 4 N–H and O–H groups in total. The molecular formula is C26H24ClFN6O3. The predicted octanol–water partition coefficient (Wildman–Crippen LogP) is 5.89. The standard InChI is InChI=1S/C26H24ClFN6O3/c1-26(2,3)22-14-23(34(33-22)17-6-4-5-15(28)11-17)32-25(36)31-16-7-8-21(19(27)12-16)37-18-9-10-30-20(13-18)24(29)35/h4-14H,1-3H3,(H2,29,35)(H2,31,32,36). The Balaban J connectivity index is 1.51. The van der Waals surface area contributed by atoms with Gasteiger partial charge in [0.05, 0.1) is 16.4 Å². The third-order valence-electron chi connectivity index (χ3n) is 5.17. The summed E-state index contributed by atoms with van der Waals surface area (Å²) in [6, 6.07) is 14.7. The van der Waals surface area contributed by atoms with Gasteiger partial charge in [-0.3, -0.25) is 15.1 Å². The highest BCUT2D eigenvalue weighted by Crippen LogP contribution is 2.32. The lowest BCUT2D eigenvalue weighted by molar-refractivity contribution is 0.0995. The van der Waals surface area contributed by atoms with Gasteiger partial charge in [0.25, 0.3) is 5.91 Å². The number of amides is 3. The number of pyridine rings is 1. The van der Waals surface area contributed by atoms with E-state index in [0.29, 0.717) is 34.4 Å². The number of aromatic nitrogens is 3. The number of halogens is 2. The Morgan fingerprint density at radius 3 is 2.51 bits per heavy atom. The quantitative estimate of drug-likeness (QED) is 0.291. The molecule has 4 aromatic rings. The number of hydrogen-bond donors (Lipinski definition) is 3. The van der Waals surface area contributed by atoms with E-state index in [-0.39, 0.29) is 16.1 Å². The molecule has 2 aromatic heterocycles. The van der Waals surface area contributed by atoms with Gasteiger partial charge < -0.3 is 15.8 Å². The van der Waals surface area contributed by atoms with Crippen molar-refractivity contribution in [2.75, 3.05) is 10.6 Å². The van der Waals surface area contributed by atoms with Crippen molar-refractivity contribution in [2.24, 2.45) is 5.73 Å². The summed E-state index contributed by atoms with van der Waals surface area (Å²) in [4.78, 5) is 28.0. The number of nitrogens with one attached hydrogen (secondary N) is 2. The van der Waals surface area contributed by atoms with Gasteiger partial charge in [-0.05, 0) is 42.5 Å². The van der Waals surface area contributed by atoms with E-state index in [2.05, 4.69) is 20.7 Å². The fourth-order valence-electron chi connectivity index (χ4n) is 3.32. The number of carbonyl (C=O) groups is 2. The van der Waals surface area contributed by atoms with Crippen LogP contribution in [0.5, 0.6) is 11.5 Å². The van der Waals surface area contributed by atoms with Crippen LogP contribution in [0.4, 0.5) is 20.7 Å². The Labute approximate surface area is 217 Å². The first kappa shape index (κ1) is 25.6. The van der Waals surface area contributed by atoms with Crippen molar-refractivity contribution in [1.82, 2.24) is 14.8 Å². The minimum Gasteiger partial charge on any atom is -0.456 e. The van der Waals surface area contributed by atoms with Crippen LogP contribution in [0.3, 0.4) is 0 Å². The first-order chi connectivity index (χ1) is 17.5. The normalized spacial score (nSPS) is 11.2. The Morgan fingerprint density at radius 2 is 1.84 bits per heavy atom. The fourth-order valence-corrected chi connectivity index (χ4v) is 3.54. The van der Waals surface area contributed by atoms with Crippen LogP contribution < -0.4 is 21.1 Å². The number of nitrogens with zero attached hydrogens (tertiary/aromatic N) is 3. The predicted molar refractivity (Wildman–Crippen MR) is 139 cm³/mol. The lowest BCUT2D eigenvalue weighted by Gasteiger charge is -2.14. The van der Waals surface area contributed by atoms with Crippen molar-refractivity contribution in [1.29, 1.82) is 0 Å². The first-order valence-corrected chi connectivity index (χ1v) is 11.5. The molecule has 0 saturated heterocycles. The summed E-state index contributed by atoms with van der Waals surface area (Å²) in [7, 11) is 0. The van der Waals surface area contributed by atoms with Crippen LogP contribution in [0, 0.1) is 5.82 Å². The second kappa shape index (κ2) is 10.3. The monoisotopic (exact) mass is 522 g/mol. The van der Waals surface area contributed by atoms with Gasteiger partial charge in [0.1, 0.15) is 28.8 Å². The van der Waals surface area contributed by atoms with Crippen LogP contribution in [0.25, 0.3) is 5.69 Å². The molecule has 0 bridgehead atoms. The molecule has 2 aromatic carbocycles. The fraction of sp³-hybridized carbons (Fsp3) is 0.154. The van der Waals surface area contributed by atoms with Crippen molar-refractivity contribution in [3.63, 3.8) is 0 Å². The molecule has 0 radical (unpaired) electrons. The second-order valence-corrected chi connectivity index (χ2v) is 9.53. The van der Waals surface area contributed by atoms with Crippen LogP contribution in [-0.4, -0.2) is 26.7 Å². The Bertz CT molecular complexity index is 1480. The van der Waals surface area contributed by atoms with Crippen molar-refractivity contribution in [3.05, 3.63) is 89.1 Å². The van der Waals surface area contributed by atoms with Gasteiger partial charge in [-0.15, -0.1) is 0 Å². The molecule has 2 heterocycles. The SMILES string of the molecule is CC(C)(C)c1cc(NC(=O)Nc2ccc(Oc3ccnc(C(N)=O)c3)c(Cl)c2)n(-c2cccc(F)c2)n1. The lowest BCUT2D eigenvalue weighted by Crippen LogP contribution is -2.21. The Kier molecular flexibility index (Phi) is 7.12. The highest BCUT2D eigenvalue weighted by molar-refractivity contribution is 6.32. The third kappa shape index (κ3) is 6.22. The van der Waals surface area contributed by atoms with Crippen molar-refractivity contribution in [3.8, 4) is 17.2 Å². The molecule has 0 aliphatic carbocycles. The van der Waals surface area contributed by atoms with Gasteiger partial charge >= 0.3 is 6.03 Å². The zero-order valence-electron chi connectivity index (χ0n) is 20.3. The van der Waals surface area contributed by atoms with Crippen LogP contribution in [0.15, 0.2) is 66.9 Å². The summed E-state index contributed by atoms with van der Waals surface area (Å²) in [6.07, 6.45) is 1.39. The zero-order valence-corrected chi connectivity index (χ0v) is 21.0. The molecule has 0 fully saturated rings. The highest BCUT2D eigenvalue weighted by Gasteiger charge is 2.22. The number of benzene rings is 2. The summed E-state index contributed by atoms with van der Waals surface area (Å²) < 4.78 is 21.0. The maximum Gasteiger partial charge on any atom is 0.324 e.